The van der Waals surface area contributed by atoms with E-state index < -0.39 is 0 Å². The van der Waals surface area contributed by atoms with E-state index in [0.29, 0.717) is 6.42 Å². The summed E-state index contributed by atoms with van der Waals surface area (Å²) in [6, 6.07) is 5.81. The molecule has 1 aromatic rings. The third-order valence-electron chi connectivity index (χ3n) is 2.47. The summed E-state index contributed by atoms with van der Waals surface area (Å²) in [6.07, 6.45) is 5.05. The first-order valence-corrected chi connectivity index (χ1v) is 4.75. The van der Waals surface area contributed by atoms with Gasteiger partial charge in [0, 0.05) is 12.0 Å². The molecule has 2 rings (SSSR count). The van der Waals surface area contributed by atoms with Crippen molar-refractivity contribution in [2.45, 2.75) is 12.8 Å². The summed E-state index contributed by atoms with van der Waals surface area (Å²) in [5, 5.41) is 8.62. The third kappa shape index (κ3) is 1.61. The fourth-order valence-corrected chi connectivity index (χ4v) is 1.77. The number of aryl methyl sites for hydroxylation is 1. The molecule has 1 N–H and O–H groups in total. The molecular formula is C12H12O2. The Bertz CT molecular complexity index is 391. The largest absolute Gasteiger partial charge is 0.392 e. The van der Waals surface area contributed by atoms with Crippen molar-refractivity contribution >= 4 is 11.9 Å². The lowest BCUT2D eigenvalue weighted by Gasteiger charge is -1.98. The SMILES string of the molecule is O=C1CCc2cc(C=CCO)ccc21. The van der Waals surface area contributed by atoms with Crippen LogP contribution in [-0.4, -0.2) is 17.5 Å². The second kappa shape index (κ2) is 3.76. The van der Waals surface area contributed by atoms with Crippen molar-refractivity contribution in [3.63, 3.8) is 0 Å². The second-order valence-electron chi connectivity index (χ2n) is 3.42. The smallest absolute Gasteiger partial charge is 0.163 e. The average molecular weight is 188 g/mol. The molecule has 0 radical (unpaired) electrons. The monoisotopic (exact) mass is 188 g/mol. The van der Waals surface area contributed by atoms with Crippen LogP contribution in [0.2, 0.25) is 0 Å². The van der Waals surface area contributed by atoms with Crippen molar-refractivity contribution in [3.8, 4) is 0 Å². The minimum absolute atomic E-state index is 0.0516. The Morgan fingerprint density at radius 3 is 3.00 bits per heavy atom. The van der Waals surface area contributed by atoms with Gasteiger partial charge in [0.25, 0.3) is 0 Å². The van der Waals surface area contributed by atoms with Crippen LogP contribution in [0.25, 0.3) is 6.08 Å². The number of hydrogen-bond acceptors (Lipinski definition) is 2. The fourth-order valence-electron chi connectivity index (χ4n) is 1.77. The van der Waals surface area contributed by atoms with Crippen molar-refractivity contribution in [2.75, 3.05) is 6.61 Å². The Kier molecular flexibility index (Phi) is 2.46. The van der Waals surface area contributed by atoms with Crippen LogP contribution in [0.1, 0.15) is 27.9 Å². The van der Waals surface area contributed by atoms with Crippen LogP contribution >= 0.6 is 0 Å². The number of ketones is 1. The zero-order valence-electron chi connectivity index (χ0n) is 7.86. The van der Waals surface area contributed by atoms with Crippen LogP contribution in [0.4, 0.5) is 0 Å². The predicted octanol–water partition coefficient (Wildman–Crippen LogP) is 1.82. The Hall–Kier alpha value is -1.41. The number of rotatable bonds is 2. The van der Waals surface area contributed by atoms with Gasteiger partial charge in [0.2, 0.25) is 0 Å². The van der Waals surface area contributed by atoms with Crippen LogP contribution in [0.5, 0.6) is 0 Å². The summed E-state index contributed by atoms with van der Waals surface area (Å²) >= 11 is 0. The van der Waals surface area contributed by atoms with Gasteiger partial charge in [0.15, 0.2) is 5.78 Å². The van der Waals surface area contributed by atoms with Gasteiger partial charge in [-0.1, -0.05) is 30.4 Å². The molecule has 0 saturated heterocycles. The maximum atomic E-state index is 11.3. The zero-order valence-corrected chi connectivity index (χ0v) is 7.86. The van der Waals surface area contributed by atoms with Crippen LogP contribution in [0.15, 0.2) is 24.3 Å². The Balaban J connectivity index is 2.32. The number of carbonyl (C=O) groups is 1. The van der Waals surface area contributed by atoms with Crippen LogP contribution in [0.3, 0.4) is 0 Å². The lowest BCUT2D eigenvalue weighted by Crippen LogP contribution is -1.90. The van der Waals surface area contributed by atoms with Crippen molar-refractivity contribution in [1.82, 2.24) is 0 Å². The van der Waals surface area contributed by atoms with Gasteiger partial charge in [0.05, 0.1) is 6.61 Å². The van der Waals surface area contributed by atoms with Gasteiger partial charge >= 0.3 is 0 Å². The Morgan fingerprint density at radius 2 is 2.21 bits per heavy atom. The van der Waals surface area contributed by atoms with Crippen molar-refractivity contribution in [2.24, 2.45) is 0 Å². The summed E-state index contributed by atoms with van der Waals surface area (Å²) in [5.74, 6) is 0.248. The van der Waals surface area contributed by atoms with Gasteiger partial charge in [-0.05, 0) is 17.5 Å². The molecule has 1 aliphatic rings. The summed E-state index contributed by atoms with van der Waals surface area (Å²) in [7, 11) is 0. The summed E-state index contributed by atoms with van der Waals surface area (Å²) in [5.41, 5.74) is 3.05. The van der Waals surface area contributed by atoms with E-state index in [1.807, 2.05) is 24.3 Å². The van der Waals surface area contributed by atoms with Crippen molar-refractivity contribution < 1.29 is 9.90 Å². The molecule has 72 valence electrons. The minimum atomic E-state index is 0.0516. The highest BCUT2D eigenvalue weighted by molar-refractivity contribution is 6.00. The summed E-state index contributed by atoms with van der Waals surface area (Å²) in [6.45, 7) is 0.0516. The number of aliphatic hydroxyl groups is 1. The number of aliphatic hydroxyl groups excluding tert-OH is 1. The highest BCUT2D eigenvalue weighted by atomic mass is 16.2. The molecule has 1 aromatic carbocycles. The third-order valence-corrected chi connectivity index (χ3v) is 2.47. The lowest BCUT2D eigenvalue weighted by atomic mass is 10.1. The molecule has 0 saturated carbocycles. The van der Waals surface area contributed by atoms with Crippen LogP contribution in [-0.2, 0) is 6.42 Å². The number of benzene rings is 1. The fraction of sp³-hybridized carbons (Fsp3) is 0.250. The summed E-state index contributed by atoms with van der Waals surface area (Å²) in [4.78, 5) is 11.3. The molecule has 14 heavy (non-hydrogen) atoms. The molecule has 0 heterocycles. The van der Waals surface area contributed by atoms with E-state index in [0.717, 1.165) is 23.1 Å². The first-order valence-electron chi connectivity index (χ1n) is 4.75. The van der Waals surface area contributed by atoms with E-state index >= 15 is 0 Å². The lowest BCUT2D eigenvalue weighted by molar-refractivity contribution is 0.0994. The van der Waals surface area contributed by atoms with Gasteiger partial charge in [-0.2, -0.15) is 0 Å². The molecule has 0 fully saturated rings. The number of hydrogen-bond donors (Lipinski definition) is 1. The molecule has 2 nitrogen and oxygen atoms in total. The Morgan fingerprint density at radius 1 is 1.36 bits per heavy atom. The highest BCUT2D eigenvalue weighted by Crippen LogP contribution is 2.23. The minimum Gasteiger partial charge on any atom is -0.392 e. The van der Waals surface area contributed by atoms with E-state index in [1.165, 1.54) is 0 Å². The molecule has 2 heteroatoms. The number of fused-ring (bicyclic) bond motifs is 1. The van der Waals surface area contributed by atoms with Gasteiger partial charge < -0.3 is 5.11 Å². The molecule has 0 aliphatic heterocycles. The van der Waals surface area contributed by atoms with Crippen molar-refractivity contribution in [1.29, 1.82) is 0 Å². The van der Waals surface area contributed by atoms with Gasteiger partial charge in [-0.15, -0.1) is 0 Å². The first-order chi connectivity index (χ1) is 6.81. The average Bonchev–Trinajstić information content (AvgIpc) is 2.57. The molecular weight excluding hydrogens is 176 g/mol. The molecule has 0 amide bonds. The molecule has 0 atom stereocenters. The maximum absolute atomic E-state index is 11.3. The van der Waals surface area contributed by atoms with E-state index in [4.69, 9.17) is 5.11 Å². The normalized spacial score (nSPS) is 15.1. The van der Waals surface area contributed by atoms with Crippen LogP contribution in [0, 0.1) is 0 Å². The summed E-state index contributed by atoms with van der Waals surface area (Å²) < 4.78 is 0. The predicted molar refractivity (Wildman–Crippen MR) is 55.2 cm³/mol. The van der Waals surface area contributed by atoms with Gasteiger partial charge in [0.1, 0.15) is 0 Å². The van der Waals surface area contributed by atoms with Gasteiger partial charge in [-0.25, -0.2) is 0 Å². The first kappa shape index (κ1) is 9.16. The Labute approximate surface area is 82.9 Å². The maximum Gasteiger partial charge on any atom is 0.163 e. The zero-order chi connectivity index (χ0) is 9.97. The highest BCUT2D eigenvalue weighted by Gasteiger charge is 2.18. The molecule has 0 bridgehead atoms. The van der Waals surface area contributed by atoms with E-state index in [-0.39, 0.29) is 12.4 Å². The standard InChI is InChI=1S/C12H12O2/c13-7-1-2-9-3-5-11-10(8-9)4-6-12(11)14/h1-3,5,8,13H,4,6-7H2. The van der Waals surface area contributed by atoms with E-state index in [9.17, 15) is 4.79 Å². The number of Topliss-reactive ketones (excluding diaryl/α,β-unsaturated/α-hetero) is 1. The molecule has 0 spiro atoms. The molecule has 0 aromatic heterocycles. The van der Waals surface area contributed by atoms with Gasteiger partial charge in [-0.3, -0.25) is 4.79 Å². The quantitative estimate of drug-likeness (QED) is 0.768. The number of carbonyl (C=O) groups excluding carboxylic acids is 1. The molecule has 1 aliphatic carbocycles. The van der Waals surface area contributed by atoms with E-state index in [2.05, 4.69) is 0 Å². The topological polar surface area (TPSA) is 37.3 Å². The van der Waals surface area contributed by atoms with Crippen molar-refractivity contribution in [3.05, 3.63) is 41.0 Å². The second-order valence-corrected chi connectivity index (χ2v) is 3.42. The van der Waals surface area contributed by atoms with Crippen LogP contribution < -0.4 is 0 Å². The molecule has 0 unspecified atom stereocenters. The van der Waals surface area contributed by atoms with E-state index in [1.54, 1.807) is 6.08 Å².